The van der Waals surface area contributed by atoms with Gasteiger partial charge in [0.1, 0.15) is 23.0 Å². The van der Waals surface area contributed by atoms with Gasteiger partial charge in [-0.3, -0.25) is 4.68 Å². The predicted octanol–water partition coefficient (Wildman–Crippen LogP) is 9.51. The highest BCUT2D eigenvalue weighted by molar-refractivity contribution is 5.96. The molecule has 0 spiro atoms. The van der Waals surface area contributed by atoms with E-state index < -0.39 is 41.3 Å². The van der Waals surface area contributed by atoms with Gasteiger partial charge in [0, 0.05) is 58.1 Å². The summed E-state index contributed by atoms with van der Waals surface area (Å²) in [5.41, 5.74) is 1.65. The van der Waals surface area contributed by atoms with Crippen LogP contribution in [0.15, 0.2) is 85.1 Å². The van der Waals surface area contributed by atoms with Crippen molar-refractivity contribution in [3.8, 4) is 11.3 Å². The number of nitrogens with zero attached hydrogens (tertiary/aromatic N) is 3. The van der Waals surface area contributed by atoms with Crippen molar-refractivity contribution in [3.63, 3.8) is 0 Å². The molecule has 0 fully saturated rings. The van der Waals surface area contributed by atoms with Crippen LogP contribution in [0, 0.1) is 17.5 Å². The zero-order valence-electron chi connectivity index (χ0n) is 24.1. The lowest BCUT2D eigenvalue weighted by Crippen LogP contribution is -2.20. The molecule has 2 heterocycles. The van der Waals surface area contributed by atoms with Crippen molar-refractivity contribution in [1.29, 1.82) is 0 Å². The molecule has 0 unspecified atom stereocenters. The molecule has 6 aromatic rings. The Bertz CT molecular complexity index is 1990. The van der Waals surface area contributed by atoms with Crippen LogP contribution in [0.25, 0.3) is 33.1 Å². The summed E-state index contributed by atoms with van der Waals surface area (Å²) in [5.74, 6) is -3.41. The van der Waals surface area contributed by atoms with E-state index in [1.807, 2.05) is 12.1 Å². The van der Waals surface area contributed by atoms with Crippen molar-refractivity contribution in [1.82, 2.24) is 14.3 Å². The molecule has 4 nitrogen and oxygen atoms in total. The Kier molecular flexibility index (Phi) is 7.18. The molecule has 1 N–H and O–H groups in total. The van der Waals surface area contributed by atoms with Gasteiger partial charge in [-0.15, -0.1) is 0 Å². The standard InChI is InChI=1S/C34H28F6N4/c1-33(2,3)43-13-12-21-14-20(10-11-30(21)43)18-41-24-7-4-6-22(15-24)32-25-8-5-9-27(34(38,39)40)31(25)42-44(32)19-26-28(36)16-23(35)17-29(26)37/h4-17,41H,18-19H2,1-3H3. The van der Waals surface area contributed by atoms with Gasteiger partial charge in [-0.05, 0) is 68.1 Å². The maximum absolute atomic E-state index is 14.6. The molecule has 0 amide bonds. The summed E-state index contributed by atoms with van der Waals surface area (Å²) in [4.78, 5) is 0. The van der Waals surface area contributed by atoms with E-state index in [-0.39, 0.29) is 22.1 Å². The zero-order chi connectivity index (χ0) is 31.4. The Morgan fingerprint density at radius 2 is 1.55 bits per heavy atom. The summed E-state index contributed by atoms with van der Waals surface area (Å²) in [7, 11) is 0. The van der Waals surface area contributed by atoms with Crippen LogP contribution in [0.1, 0.15) is 37.5 Å². The smallest absolute Gasteiger partial charge is 0.381 e. The molecule has 44 heavy (non-hydrogen) atoms. The topological polar surface area (TPSA) is 34.8 Å². The third kappa shape index (κ3) is 5.52. The quantitative estimate of drug-likeness (QED) is 0.192. The largest absolute Gasteiger partial charge is 0.418 e. The van der Waals surface area contributed by atoms with Crippen LogP contribution >= 0.6 is 0 Å². The minimum absolute atomic E-state index is 0.0618. The molecule has 0 radical (unpaired) electrons. The average Bonchev–Trinajstić information content (AvgIpc) is 3.54. The molecular weight excluding hydrogens is 578 g/mol. The zero-order valence-corrected chi connectivity index (χ0v) is 24.1. The molecule has 4 aromatic carbocycles. The Morgan fingerprint density at radius 1 is 0.818 bits per heavy atom. The van der Waals surface area contributed by atoms with Crippen LogP contribution in [0.5, 0.6) is 0 Å². The highest BCUT2D eigenvalue weighted by Crippen LogP contribution is 2.39. The summed E-state index contributed by atoms with van der Waals surface area (Å²) < 4.78 is 87.9. The van der Waals surface area contributed by atoms with Gasteiger partial charge in [-0.25, -0.2) is 13.2 Å². The Labute approximate surface area is 249 Å². The minimum Gasteiger partial charge on any atom is -0.381 e. The fourth-order valence-corrected chi connectivity index (χ4v) is 5.54. The lowest BCUT2D eigenvalue weighted by Gasteiger charge is -2.22. The molecule has 6 rings (SSSR count). The molecule has 0 aliphatic carbocycles. The van der Waals surface area contributed by atoms with Crippen molar-refractivity contribution >= 4 is 27.5 Å². The van der Waals surface area contributed by atoms with Crippen molar-refractivity contribution < 1.29 is 26.3 Å². The van der Waals surface area contributed by atoms with Gasteiger partial charge in [-0.1, -0.05) is 30.3 Å². The van der Waals surface area contributed by atoms with Gasteiger partial charge in [0.05, 0.1) is 17.8 Å². The number of hydrogen-bond donors (Lipinski definition) is 1. The average molecular weight is 607 g/mol. The van der Waals surface area contributed by atoms with Crippen molar-refractivity contribution in [3.05, 3.63) is 119 Å². The van der Waals surface area contributed by atoms with E-state index in [4.69, 9.17) is 0 Å². The number of nitrogens with one attached hydrogen (secondary N) is 1. The molecule has 226 valence electrons. The van der Waals surface area contributed by atoms with Gasteiger partial charge in [0.25, 0.3) is 0 Å². The number of fused-ring (bicyclic) bond motifs is 2. The first-order valence-corrected chi connectivity index (χ1v) is 13.9. The first kappa shape index (κ1) is 29.3. The van der Waals surface area contributed by atoms with Crippen LogP contribution in [0.3, 0.4) is 0 Å². The number of alkyl halides is 3. The molecule has 0 saturated carbocycles. The Hall–Kier alpha value is -4.73. The van der Waals surface area contributed by atoms with E-state index >= 15 is 0 Å². The summed E-state index contributed by atoms with van der Waals surface area (Å²) >= 11 is 0. The molecular formula is C34H28F6N4. The fraction of sp³-hybridized carbons (Fsp3) is 0.206. The molecule has 0 atom stereocenters. The molecule has 0 saturated heterocycles. The van der Waals surface area contributed by atoms with E-state index in [2.05, 4.69) is 60.1 Å². The number of aromatic nitrogens is 3. The van der Waals surface area contributed by atoms with Gasteiger partial charge in [0.2, 0.25) is 0 Å². The number of rotatable bonds is 6. The highest BCUT2D eigenvalue weighted by atomic mass is 19.4. The van der Waals surface area contributed by atoms with Crippen molar-refractivity contribution in [2.24, 2.45) is 0 Å². The fourth-order valence-electron chi connectivity index (χ4n) is 5.54. The molecule has 10 heteroatoms. The van der Waals surface area contributed by atoms with Crippen LogP contribution < -0.4 is 5.32 Å². The van der Waals surface area contributed by atoms with Gasteiger partial charge in [-0.2, -0.15) is 18.3 Å². The second kappa shape index (κ2) is 10.8. The number of hydrogen-bond acceptors (Lipinski definition) is 2. The van der Waals surface area contributed by atoms with Crippen molar-refractivity contribution in [2.75, 3.05) is 5.32 Å². The molecule has 0 bridgehead atoms. The van der Waals surface area contributed by atoms with E-state index in [1.54, 1.807) is 18.2 Å². The van der Waals surface area contributed by atoms with Gasteiger partial charge in [0.15, 0.2) is 0 Å². The van der Waals surface area contributed by atoms with Crippen LogP contribution in [-0.4, -0.2) is 14.3 Å². The van der Waals surface area contributed by atoms with E-state index in [0.717, 1.165) is 27.2 Å². The first-order chi connectivity index (χ1) is 20.8. The number of halogens is 6. The summed E-state index contributed by atoms with van der Waals surface area (Å²) in [6.07, 6.45) is -2.65. The second-order valence-electron chi connectivity index (χ2n) is 11.7. The van der Waals surface area contributed by atoms with Crippen LogP contribution in [-0.2, 0) is 24.8 Å². The lowest BCUT2D eigenvalue weighted by molar-refractivity contribution is -0.136. The number of benzene rings is 4. The van der Waals surface area contributed by atoms with Gasteiger partial charge < -0.3 is 9.88 Å². The predicted molar refractivity (Wildman–Crippen MR) is 160 cm³/mol. The normalized spacial score (nSPS) is 12.4. The molecule has 0 aliphatic heterocycles. The van der Waals surface area contributed by atoms with Crippen molar-refractivity contribution in [2.45, 2.75) is 45.6 Å². The molecule has 2 aromatic heterocycles. The Morgan fingerprint density at radius 3 is 2.25 bits per heavy atom. The van der Waals surface area contributed by atoms with Gasteiger partial charge >= 0.3 is 6.18 Å². The second-order valence-corrected chi connectivity index (χ2v) is 11.7. The molecule has 0 aliphatic rings. The highest BCUT2D eigenvalue weighted by Gasteiger charge is 2.34. The SMILES string of the molecule is CC(C)(C)n1ccc2cc(CNc3cccc(-c4c5cccc(C(F)(F)F)c5nn4Cc4c(F)cc(F)cc4F)c3)ccc21. The Balaban J connectivity index is 1.38. The first-order valence-electron chi connectivity index (χ1n) is 13.9. The summed E-state index contributed by atoms with van der Waals surface area (Å²) in [5, 5.41) is 8.80. The van der Waals surface area contributed by atoms with E-state index in [1.165, 1.54) is 12.1 Å². The maximum Gasteiger partial charge on any atom is 0.418 e. The summed E-state index contributed by atoms with van der Waals surface area (Å²) in [6, 6.07) is 20.0. The third-order valence-corrected chi connectivity index (χ3v) is 7.60. The monoisotopic (exact) mass is 606 g/mol. The van der Waals surface area contributed by atoms with Crippen LogP contribution in [0.4, 0.5) is 32.0 Å². The minimum atomic E-state index is -4.71. The maximum atomic E-state index is 14.6. The number of anilines is 1. The van der Waals surface area contributed by atoms with Crippen LogP contribution in [0.2, 0.25) is 0 Å². The lowest BCUT2D eigenvalue weighted by atomic mass is 10.0. The van der Waals surface area contributed by atoms with E-state index in [9.17, 15) is 26.3 Å². The van der Waals surface area contributed by atoms with E-state index in [0.29, 0.717) is 29.9 Å². The third-order valence-electron chi connectivity index (χ3n) is 7.60. The summed E-state index contributed by atoms with van der Waals surface area (Å²) in [6.45, 7) is 6.34.